The fourth-order valence-corrected chi connectivity index (χ4v) is 10.0. The summed E-state index contributed by atoms with van der Waals surface area (Å²) in [6, 6.07) is 53.7. The van der Waals surface area contributed by atoms with Crippen LogP contribution < -0.4 is 9.47 Å². The second-order valence-corrected chi connectivity index (χ2v) is 18.4. The van der Waals surface area contributed by atoms with E-state index in [1.54, 1.807) is 40.2 Å². The number of methoxy groups -OCH3 is 2. The van der Waals surface area contributed by atoms with Crippen LogP contribution in [0.15, 0.2) is 176 Å². The number of rotatable bonds is 12. The maximum atomic E-state index is 12.8. The summed E-state index contributed by atoms with van der Waals surface area (Å²) in [5, 5.41) is 0. The zero-order valence-corrected chi connectivity index (χ0v) is 41.8. The van der Waals surface area contributed by atoms with Gasteiger partial charge >= 0.3 is 11.9 Å². The number of esters is 2. The summed E-state index contributed by atoms with van der Waals surface area (Å²) >= 11 is 0. The number of ketones is 3. The Labute approximate surface area is 423 Å². The van der Waals surface area contributed by atoms with Crippen LogP contribution in [0.2, 0.25) is 0 Å². The molecule has 9 heteroatoms. The molecule has 0 radical (unpaired) electrons. The Hall–Kier alpha value is -7.65. The van der Waals surface area contributed by atoms with Crippen LogP contribution in [0, 0.1) is 18.8 Å². The SMILES string of the molecule is CCOC(=O)C1C(=O)C=C(c2ccc(C)cc2)CC1c1ccccc1.CCOC(=O)C1C(=O)C=C(c2ccc(OC)cc2)CC1c1ccccc1.COc1ccc(C2CC(=O)CC(c3ccccc3)C2)cc1. The number of hydrogen-bond acceptors (Lipinski definition) is 9. The summed E-state index contributed by atoms with van der Waals surface area (Å²) < 4.78 is 20.7. The van der Waals surface area contributed by atoms with Gasteiger partial charge < -0.3 is 18.9 Å². The lowest BCUT2D eigenvalue weighted by atomic mass is 9.73. The molecule has 0 saturated heterocycles. The average molecular weight is 965 g/mol. The fraction of sp³-hybridized carbons (Fsp3) is 0.286. The Morgan fingerprint density at radius 3 is 1.21 bits per heavy atom. The smallest absolute Gasteiger partial charge is 0.317 e. The first kappa shape index (κ1) is 52.2. The average Bonchev–Trinajstić information content (AvgIpc) is 3.41. The Bertz CT molecular complexity index is 2820. The summed E-state index contributed by atoms with van der Waals surface area (Å²) in [7, 11) is 3.29. The Morgan fingerprint density at radius 1 is 0.458 bits per heavy atom. The van der Waals surface area contributed by atoms with E-state index in [2.05, 4.69) is 36.4 Å². The van der Waals surface area contributed by atoms with Crippen molar-refractivity contribution in [3.05, 3.63) is 215 Å². The van der Waals surface area contributed by atoms with Crippen molar-refractivity contribution in [3.63, 3.8) is 0 Å². The van der Waals surface area contributed by atoms with Crippen molar-refractivity contribution in [2.24, 2.45) is 11.8 Å². The van der Waals surface area contributed by atoms with Gasteiger partial charge in [0.2, 0.25) is 0 Å². The molecule has 6 unspecified atom stereocenters. The number of aryl methyl sites for hydroxylation is 1. The van der Waals surface area contributed by atoms with Gasteiger partial charge in [0.05, 0.1) is 27.4 Å². The molecule has 370 valence electrons. The van der Waals surface area contributed by atoms with E-state index in [4.69, 9.17) is 18.9 Å². The van der Waals surface area contributed by atoms with Gasteiger partial charge in [-0.05, 0) is 133 Å². The Kier molecular flexibility index (Phi) is 18.5. The van der Waals surface area contributed by atoms with Gasteiger partial charge in [-0.25, -0.2) is 0 Å². The molecule has 0 N–H and O–H groups in total. The molecule has 0 aliphatic heterocycles. The molecular weight excluding hydrogens is 901 g/mol. The van der Waals surface area contributed by atoms with E-state index in [-0.39, 0.29) is 36.6 Å². The van der Waals surface area contributed by atoms with Crippen LogP contribution in [0.5, 0.6) is 11.5 Å². The highest BCUT2D eigenvalue weighted by atomic mass is 16.5. The zero-order valence-electron chi connectivity index (χ0n) is 41.8. The fourth-order valence-electron chi connectivity index (χ4n) is 10.0. The normalized spacial score (nSPS) is 20.5. The van der Waals surface area contributed by atoms with Gasteiger partial charge in [0, 0.05) is 24.7 Å². The molecule has 3 aliphatic rings. The molecule has 6 aromatic carbocycles. The highest BCUT2D eigenvalue weighted by Gasteiger charge is 2.41. The molecular formula is C63H64O9. The molecule has 0 spiro atoms. The standard InChI is InChI=1S/C22H22O4.C22H22O3.C19H20O2/c1-3-26-22(24)21-19(16-7-5-4-6-8-16)13-17(14-20(21)23)15-9-11-18(25-2)12-10-15;1-3-25-22(24)21-19(17-7-5-4-6-8-17)13-18(14-20(21)23)16-11-9-15(2)10-12-16;1-21-19-9-7-15(8-10-19)17-11-16(12-18(20)13-17)14-5-3-2-4-6-14/h4-12,14,19,21H,3,13H2,1-2H3;4-12,14,19,21H,3,13H2,1-2H3;2-10,16-17H,11-13H2,1H3. The quantitative estimate of drug-likeness (QED) is 0.0871. The number of hydrogen-bond donors (Lipinski definition) is 0. The molecule has 0 amide bonds. The van der Waals surface area contributed by atoms with E-state index < -0.39 is 23.8 Å². The van der Waals surface area contributed by atoms with E-state index in [9.17, 15) is 24.0 Å². The predicted octanol–water partition coefficient (Wildman–Crippen LogP) is 12.6. The second kappa shape index (κ2) is 25.5. The van der Waals surface area contributed by atoms with Crippen molar-refractivity contribution in [2.75, 3.05) is 27.4 Å². The lowest BCUT2D eigenvalue weighted by molar-refractivity contribution is -0.153. The maximum Gasteiger partial charge on any atom is 0.317 e. The van der Waals surface area contributed by atoms with Crippen molar-refractivity contribution in [1.82, 2.24) is 0 Å². The van der Waals surface area contributed by atoms with Crippen LogP contribution in [0.3, 0.4) is 0 Å². The minimum absolute atomic E-state index is 0.172. The first-order valence-electron chi connectivity index (χ1n) is 24.8. The van der Waals surface area contributed by atoms with Crippen LogP contribution >= 0.6 is 0 Å². The molecule has 9 nitrogen and oxygen atoms in total. The van der Waals surface area contributed by atoms with E-state index in [0.29, 0.717) is 43.3 Å². The molecule has 0 bridgehead atoms. The van der Waals surface area contributed by atoms with Gasteiger partial charge in [-0.2, -0.15) is 0 Å². The molecule has 9 rings (SSSR count). The van der Waals surface area contributed by atoms with E-state index in [0.717, 1.165) is 51.3 Å². The molecule has 3 aliphatic carbocycles. The van der Waals surface area contributed by atoms with Crippen molar-refractivity contribution in [1.29, 1.82) is 0 Å². The van der Waals surface area contributed by atoms with Crippen molar-refractivity contribution < 1.29 is 42.9 Å². The lowest BCUT2D eigenvalue weighted by Gasteiger charge is -2.29. The summed E-state index contributed by atoms with van der Waals surface area (Å²) in [5.41, 5.74) is 9.55. The van der Waals surface area contributed by atoms with Crippen LogP contribution in [-0.2, 0) is 33.4 Å². The predicted molar refractivity (Wildman–Crippen MR) is 282 cm³/mol. The highest BCUT2D eigenvalue weighted by Crippen LogP contribution is 2.43. The second-order valence-electron chi connectivity index (χ2n) is 18.4. The molecule has 0 aromatic heterocycles. The summed E-state index contributed by atoms with van der Waals surface area (Å²) in [6.07, 6.45) is 6.83. The third-order valence-corrected chi connectivity index (χ3v) is 13.7. The van der Waals surface area contributed by atoms with Crippen LogP contribution in [0.4, 0.5) is 0 Å². The Balaban J connectivity index is 0.000000159. The first-order valence-corrected chi connectivity index (χ1v) is 24.8. The number of carbonyl (C=O) groups excluding carboxylic acids is 5. The first-order chi connectivity index (χ1) is 35.0. The molecule has 6 atom stereocenters. The largest absolute Gasteiger partial charge is 0.497 e. The van der Waals surface area contributed by atoms with Crippen LogP contribution in [0.25, 0.3) is 11.1 Å². The number of ether oxygens (including phenoxy) is 4. The molecule has 1 saturated carbocycles. The summed E-state index contributed by atoms with van der Waals surface area (Å²) in [6.45, 7) is 6.09. The molecule has 1 fully saturated rings. The monoisotopic (exact) mass is 964 g/mol. The van der Waals surface area contributed by atoms with Gasteiger partial charge in [-0.1, -0.05) is 145 Å². The Morgan fingerprint density at radius 2 is 0.819 bits per heavy atom. The van der Waals surface area contributed by atoms with E-state index >= 15 is 0 Å². The minimum atomic E-state index is -0.792. The van der Waals surface area contributed by atoms with E-state index in [1.165, 1.54) is 16.7 Å². The van der Waals surface area contributed by atoms with E-state index in [1.807, 2.05) is 134 Å². The molecule has 72 heavy (non-hydrogen) atoms. The van der Waals surface area contributed by atoms with Crippen LogP contribution in [-0.4, -0.2) is 56.7 Å². The topological polar surface area (TPSA) is 122 Å². The summed E-state index contributed by atoms with van der Waals surface area (Å²) in [4.78, 5) is 62.5. The van der Waals surface area contributed by atoms with Gasteiger partial charge in [0.1, 0.15) is 29.1 Å². The lowest BCUT2D eigenvalue weighted by Crippen LogP contribution is -2.34. The third-order valence-electron chi connectivity index (χ3n) is 13.7. The number of Topliss-reactive ketones (excluding diaryl/α,β-unsaturated/α-hetero) is 1. The van der Waals surface area contributed by atoms with Crippen molar-refractivity contribution in [2.45, 2.75) is 76.5 Å². The highest BCUT2D eigenvalue weighted by molar-refractivity contribution is 6.11. The number of carbonyl (C=O) groups is 5. The van der Waals surface area contributed by atoms with Gasteiger partial charge in [-0.3, -0.25) is 24.0 Å². The van der Waals surface area contributed by atoms with Crippen LogP contribution in [0.1, 0.15) is 109 Å². The minimum Gasteiger partial charge on any atom is -0.497 e. The molecule has 6 aromatic rings. The van der Waals surface area contributed by atoms with Gasteiger partial charge in [-0.15, -0.1) is 0 Å². The number of benzene rings is 6. The van der Waals surface area contributed by atoms with Crippen molar-refractivity contribution >= 4 is 40.4 Å². The molecule has 0 heterocycles. The maximum absolute atomic E-state index is 12.8. The van der Waals surface area contributed by atoms with Gasteiger partial charge in [0.15, 0.2) is 11.6 Å². The third kappa shape index (κ3) is 13.4. The zero-order chi connectivity index (χ0) is 51.0. The summed E-state index contributed by atoms with van der Waals surface area (Å²) in [5.74, 6) is -0.575. The van der Waals surface area contributed by atoms with Crippen molar-refractivity contribution in [3.8, 4) is 11.5 Å². The number of allylic oxidation sites excluding steroid dienone is 4. The van der Waals surface area contributed by atoms with Gasteiger partial charge in [0.25, 0.3) is 0 Å².